The molecule has 4 amide bonds. The van der Waals surface area contributed by atoms with Gasteiger partial charge in [-0.25, -0.2) is 9.59 Å². The first-order chi connectivity index (χ1) is 22.0. The highest BCUT2D eigenvalue weighted by atomic mass is 35.5. The lowest BCUT2D eigenvalue weighted by Crippen LogP contribution is -2.58. The molecule has 2 heterocycles. The number of nitrogens with zero attached hydrogens (tertiary/aromatic N) is 1. The van der Waals surface area contributed by atoms with Crippen molar-refractivity contribution >= 4 is 57.9 Å². The third-order valence-electron chi connectivity index (χ3n) is 8.99. The fourth-order valence-electron chi connectivity index (χ4n) is 6.69. The molecule has 10 nitrogen and oxygen atoms in total. The predicted molar refractivity (Wildman–Crippen MR) is 178 cm³/mol. The van der Waals surface area contributed by atoms with Crippen LogP contribution in [-0.2, 0) is 27.2 Å². The van der Waals surface area contributed by atoms with Gasteiger partial charge in [0, 0.05) is 43.0 Å². The van der Waals surface area contributed by atoms with E-state index in [-0.39, 0.29) is 29.8 Å². The Morgan fingerprint density at radius 3 is 2.24 bits per heavy atom. The number of aliphatic carboxylic acids is 1. The molecule has 1 aliphatic carbocycles. The maximum atomic E-state index is 13.8. The minimum atomic E-state index is -1.30. The van der Waals surface area contributed by atoms with Crippen LogP contribution in [0.3, 0.4) is 0 Å². The Labute approximate surface area is 278 Å². The molecule has 1 saturated carbocycles. The van der Waals surface area contributed by atoms with Crippen molar-refractivity contribution in [1.29, 1.82) is 0 Å². The van der Waals surface area contributed by atoms with Crippen LogP contribution in [0.4, 0.5) is 4.79 Å². The average Bonchev–Trinajstić information content (AvgIpc) is 3.58. The lowest BCUT2D eigenvalue weighted by Gasteiger charge is -2.33. The Balaban J connectivity index is 1.35. The van der Waals surface area contributed by atoms with Gasteiger partial charge in [-0.05, 0) is 72.8 Å². The first kappa shape index (κ1) is 33.6. The first-order valence-corrected chi connectivity index (χ1v) is 16.6. The molecule has 1 saturated heterocycles. The molecule has 0 unspecified atom stereocenters. The fraction of sp³-hybridized carbons (Fsp3) is 0.471. The number of likely N-dealkylation sites (tertiary alicyclic amines) is 1. The Kier molecular flexibility index (Phi) is 10.8. The van der Waals surface area contributed by atoms with E-state index in [0.29, 0.717) is 41.9 Å². The molecule has 5 rings (SSSR count). The number of nitrogens with one attached hydrogen (secondary N) is 4. The Hall–Kier alpha value is -3.76. The summed E-state index contributed by atoms with van der Waals surface area (Å²) in [6.07, 6.45) is 5.59. The van der Waals surface area contributed by atoms with Gasteiger partial charge < -0.3 is 30.9 Å². The topological polar surface area (TPSA) is 144 Å². The van der Waals surface area contributed by atoms with Gasteiger partial charge in [0.2, 0.25) is 11.8 Å². The Morgan fingerprint density at radius 2 is 1.57 bits per heavy atom. The standard InChI is InChI=1S/C34H41Cl2N5O5/c1-19(2)11-28(40-34(46)41-17-21-7-8-22(12-21)18-41)31(42)38-29(15-23-16-37-27-6-4-3-5-24(23)27)32(43)39-30(33(44)45)14-20-9-10-25(35)26(36)13-20/h3-6,9-10,13,16,19,21-22,28-30,37H,7-8,11-12,14-15,17-18H2,1-2H3,(H,38,42)(H,39,43)(H,40,46)(H,44,45)/t21-,22+,28-,29+,30+/m0/s1. The van der Waals surface area contributed by atoms with E-state index >= 15 is 0 Å². The van der Waals surface area contributed by atoms with Crippen LogP contribution in [0.25, 0.3) is 10.9 Å². The molecular weight excluding hydrogens is 629 g/mol. The molecule has 2 fully saturated rings. The molecule has 46 heavy (non-hydrogen) atoms. The molecule has 12 heteroatoms. The summed E-state index contributed by atoms with van der Waals surface area (Å²) in [4.78, 5) is 58.3. The number of carbonyl (C=O) groups excluding carboxylic acids is 3. The van der Waals surface area contributed by atoms with Crippen LogP contribution in [-0.4, -0.2) is 70.0 Å². The normalized spacial score (nSPS) is 19.5. The molecule has 1 aliphatic heterocycles. The zero-order valence-electron chi connectivity index (χ0n) is 26.0. The van der Waals surface area contributed by atoms with Crippen molar-refractivity contribution in [2.75, 3.05) is 13.1 Å². The number of fused-ring (bicyclic) bond motifs is 3. The average molecular weight is 671 g/mol. The van der Waals surface area contributed by atoms with Crippen molar-refractivity contribution in [2.45, 2.75) is 70.5 Å². The number of benzene rings is 2. The number of H-pyrrole nitrogens is 1. The summed E-state index contributed by atoms with van der Waals surface area (Å²) in [7, 11) is 0. The summed E-state index contributed by atoms with van der Waals surface area (Å²) in [5.74, 6) is -1.32. The highest BCUT2D eigenvalue weighted by molar-refractivity contribution is 6.42. The smallest absolute Gasteiger partial charge is 0.326 e. The minimum Gasteiger partial charge on any atom is -0.480 e. The second-order valence-corrected chi connectivity index (χ2v) is 13.9. The summed E-state index contributed by atoms with van der Waals surface area (Å²) in [6, 6.07) is 8.79. The number of carboxylic acids is 1. The number of rotatable bonds is 12. The van der Waals surface area contributed by atoms with Crippen LogP contribution in [0.5, 0.6) is 0 Å². The van der Waals surface area contributed by atoms with Gasteiger partial charge in [-0.2, -0.15) is 0 Å². The summed E-state index contributed by atoms with van der Waals surface area (Å²) in [5, 5.41) is 19.9. The molecule has 246 valence electrons. The molecule has 5 atom stereocenters. The van der Waals surface area contributed by atoms with Gasteiger partial charge in [-0.15, -0.1) is 0 Å². The van der Waals surface area contributed by atoms with Gasteiger partial charge in [0.25, 0.3) is 0 Å². The molecule has 2 bridgehead atoms. The highest BCUT2D eigenvalue weighted by Gasteiger charge is 2.37. The van der Waals surface area contributed by atoms with Gasteiger partial charge in [0.15, 0.2) is 0 Å². The lowest BCUT2D eigenvalue weighted by atomic mass is 9.99. The van der Waals surface area contributed by atoms with Crippen molar-refractivity contribution in [1.82, 2.24) is 25.8 Å². The monoisotopic (exact) mass is 669 g/mol. The van der Waals surface area contributed by atoms with Crippen LogP contribution in [0.2, 0.25) is 10.0 Å². The van der Waals surface area contributed by atoms with Crippen LogP contribution >= 0.6 is 23.2 Å². The van der Waals surface area contributed by atoms with Crippen LogP contribution < -0.4 is 16.0 Å². The second kappa shape index (κ2) is 14.8. The van der Waals surface area contributed by atoms with Crippen LogP contribution in [0.15, 0.2) is 48.7 Å². The number of aromatic amines is 1. The van der Waals surface area contributed by atoms with E-state index in [4.69, 9.17) is 23.2 Å². The lowest BCUT2D eigenvalue weighted by molar-refractivity contribution is -0.142. The van der Waals surface area contributed by atoms with E-state index in [9.17, 15) is 24.3 Å². The van der Waals surface area contributed by atoms with Crippen LogP contribution in [0.1, 0.15) is 50.7 Å². The SMILES string of the molecule is CC(C)C[C@H](NC(=O)N1C[C@@H]2CC[C@@H](C2)C1)C(=O)N[C@H](Cc1c[nH]c2ccccc12)C(=O)N[C@H](Cc1ccc(Cl)c(Cl)c1)C(=O)O. The van der Waals surface area contributed by atoms with Crippen molar-refractivity contribution in [3.8, 4) is 0 Å². The minimum absolute atomic E-state index is 0.0461. The van der Waals surface area contributed by atoms with Gasteiger partial charge in [-0.3, -0.25) is 9.59 Å². The maximum Gasteiger partial charge on any atom is 0.326 e. The van der Waals surface area contributed by atoms with E-state index in [1.807, 2.05) is 43.0 Å². The number of carbonyl (C=O) groups is 4. The number of piperidine rings is 1. The molecule has 2 aliphatic rings. The molecular formula is C34H41Cl2N5O5. The Morgan fingerprint density at radius 1 is 0.891 bits per heavy atom. The first-order valence-electron chi connectivity index (χ1n) is 15.8. The molecule has 2 aromatic carbocycles. The van der Waals surface area contributed by atoms with Gasteiger partial charge >= 0.3 is 12.0 Å². The number of amides is 4. The van der Waals surface area contributed by atoms with Crippen molar-refractivity contribution < 1.29 is 24.3 Å². The number of halogens is 2. The molecule has 3 aromatic rings. The largest absolute Gasteiger partial charge is 0.480 e. The molecule has 0 spiro atoms. The Bertz CT molecular complexity index is 1580. The molecule has 0 radical (unpaired) electrons. The number of carboxylic acid groups (broad SMARTS) is 1. The van der Waals surface area contributed by atoms with Crippen molar-refractivity contribution in [2.24, 2.45) is 17.8 Å². The van der Waals surface area contributed by atoms with Gasteiger partial charge in [-0.1, -0.05) is 61.3 Å². The predicted octanol–water partition coefficient (Wildman–Crippen LogP) is 5.17. The van der Waals surface area contributed by atoms with E-state index in [1.165, 1.54) is 0 Å². The fourth-order valence-corrected chi connectivity index (χ4v) is 7.01. The highest BCUT2D eigenvalue weighted by Crippen LogP contribution is 2.36. The van der Waals surface area contributed by atoms with Gasteiger partial charge in [0.1, 0.15) is 18.1 Å². The second-order valence-electron chi connectivity index (χ2n) is 13.1. The quantitative estimate of drug-likeness (QED) is 0.181. The van der Waals surface area contributed by atoms with E-state index in [0.717, 1.165) is 35.7 Å². The molecule has 5 N–H and O–H groups in total. The number of aromatic nitrogens is 1. The van der Waals surface area contributed by atoms with Gasteiger partial charge in [0.05, 0.1) is 10.0 Å². The molecule has 1 aromatic heterocycles. The summed E-state index contributed by atoms with van der Waals surface area (Å²) in [6.45, 7) is 5.28. The number of urea groups is 1. The zero-order valence-corrected chi connectivity index (χ0v) is 27.5. The van der Waals surface area contributed by atoms with Crippen LogP contribution in [0, 0.1) is 17.8 Å². The number of para-hydroxylation sites is 1. The van der Waals surface area contributed by atoms with Crippen molar-refractivity contribution in [3.63, 3.8) is 0 Å². The van der Waals surface area contributed by atoms with E-state index < -0.39 is 35.9 Å². The van der Waals surface area contributed by atoms with E-state index in [1.54, 1.807) is 24.4 Å². The number of hydrogen-bond donors (Lipinski definition) is 5. The summed E-state index contributed by atoms with van der Waals surface area (Å²) >= 11 is 12.2. The van der Waals surface area contributed by atoms with E-state index in [2.05, 4.69) is 20.9 Å². The zero-order chi connectivity index (χ0) is 33.0. The summed E-state index contributed by atoms with van der Waals surface area (Å²) < 4.78 is 0. The summed E-state index contributed by atoms with van der Waals surface area (Å²) in [5.41, 5.74) is 2.22. The maximum absolute atomic E-state index is 13.8. The third kappa shape index (κ3) is 8.33. The number of hydrogen-bond acceptors (Lipinski definition) is 4. The third-order valence-corrected chi connectivity index (χ3v) is 9.72. The van der Waals surface area contributed by atoms with Crippen molar-refractivity contribution in [3.05, 3.63) is 69.8 Å².